The Kier molecular flexibility index (Phi) is 5.77. The molecule has 1 unspecified atom stereocenters. The molecule has 0 bridgehead atoms. The van der Waals surface area contributed by atoms with Gasteiger partial charge in [-0.05, 0) is 59.9 Å². The van der Waals surface area contributed by atoms with Crippen LogP contribution in [0.5, 0.6) is 5.75 Å². The van der Waals surface area contributed by atoms with Crippen LogP contribution in [0.2, 0.25) is 0 Å². The molecular formula is C27H22FN3O3. The Morgan fingerprint density at radius 1 is 1.00 bits per heavy atom. The van der Waals surface area contributed by atoms with E-state index >= 15 is 0 Å². The Morgan fingerprint density at radius 2 is 1.76 bits per heavy atom. The summed E-state index contributed by atoms with van der Waals surface area (Å²) in [6.45, 7) is 0. The smallest absolute Gasteiger partial charge is 0.229 e. The maximum absolute atomic E-state index is 13.2. The molecule has 0 radical (unpaired) electrons. The fraction of sp³-hybridized carbons (Fsp3) is 0.148. The van der Waals surface area contributed by atoms with E-state index in [4.69, 9.17) is 9.97 Å². The highest BCUT2D eigenvalue weighted by Gasteiger charge is 2.26. The van der Waals surface area contributed by atoms with Crippen LogP contribution in [0.1, 0.15) is 34.2 Å². The minimum absolute atomic E-state index is 0.0298. The second kappa shape index (κ2) is 9.03. The van der Waals surface area contributed by atoms with Crippen molar-refractivity contribution in [2.24, 2.45) is 0 Å². The van der Waals surface area contributed by atoms with Crippen LogP contribution in [0.25, 0.3) is 11.3 Å². The molecule has 3 N–H and O–H groups in total. The molecule has 1 aliphatic carbocycles. The molecular weight excluding hydrogens is 433 g/mol. The standard InChI is InChI=1S/C27H22FN3O3/c28-19-9-6-16(7-10-19)14-23(33)30-27-25(26(34)17-4-2-1-3-5-17)31-24-21-12-11-20(32)15-18(21)8-13-22(24)29-27/h1-7,9-12,15,26,32,34H,8,13-14H2,(H,29,30,33). The van der Waals surface area contributed by atoms with Crippen molar-refractivity contribution in [1.82, 2.24) is 9.97 Å². The van der Waals surface area contributed by atoms with Gasteiger partial charge in [-0.25, -0.2) is 14.4 Å². The summed E-state index contributed by atoms with van der Waals surface area (Å²) in [6.07, 6.45) is 0.181. The number of carbonyl (C=O) groups excluding carboxylic acids is 1. The molecule has 1 heterocycles. The first-order chi connectivity index (χ1) is 16.5. The summed E-state index contributed by atoms with van der Waals surface area (Å²) in [5, 5.41) is 23.8. The van der Waals surface area contributed by atoms with Crippen LogP contribution in [0, 0.1) is 5.82 Å². The van der Waals surface area contributed by atoms with Crippen molar-refractivity contribution in [2.75, 3.05) is 5.32 Å². The Hall–Kier alpha value is -4.10. The number of anilines is 1. The number of nitrogens with zero attached hydrogens (tertiary/aromatic N) is 2. The lowest BCUT2D eigenvalue weighted by Crippen LogP contribution is -2.21. The molecule has 0 spiro atoms. The van der Waals surface area contributed by atoms with Crippen molar-refractivity contribution in [3.05, 3.63) is 107 Å². The van der Waals surface area contributed by atoms with Gasteiger partial charge >= 0.3 is 0 Å². The first kappa shape index (κ1) is 21.7. The van der Waals surface area contributed by atoms with Gasteiger partial charge < -0.3 is 15.5 Å². The van der Waals surface area contributed by atoms with E-state index in [1.54, 1.807) is 42.5 Å². The maximum atomic E-state index is 13.2. The quantitative estimate of drug-likeness (QED) is 0.416. The molecule has 0 saturated heterocycles. The monoisotopic (exact) mass is 455 g/mol. The first-order valence-corrected chi connectivity index (χ1v) is 11.0. The molecule has 4 aromatic rings. The van der Waals surface area contributed by atoms with E-state index in [2.05, 4.69) is 5.32 Å². The van der Waals surface area contributed by atoms with Crippen molar-refractivity contribution in [3.63, 3.8) is 0 Å². The van der Waals surface area contributed by atoms with Gasteiger partial charge in [0.05, 0.1) is 17.8 Å². The number of fused-ring (bicyclic) bond motifs is 3. The lowest BCUT2D eigenvalue weighted by Gasteiger charge is -2.23. The number of aromatic nitrogens is 2. The Balaban J connectivity index is 1.54. The van der Waals surface area contributed by atoms with Crippen molar-refractivity contribution in [2.45, 2.75) is 25.4 Å². The van der Waals surface area contributed by atoms with Crippen LogP contribution in [-0.2, 0) is 24.1 Å². The van der Waals surface area contributed by atoms with Gasteiger partial charge in [0.25, 0.3) is 0 Å². The molecule has 0 fully saturated rings. The van der Waals surface area contributed by atoms with Crippen LogP contribution in [-0.4, -0.2) is 26.1 Å². The number of phenols is 1. The highest BCUT2D eigenvalue weighted by Crippen LogP contribution is 2.36. The van der Waals surface area contributed by atoms with Crippen molar-refractivity contribution < 1.29 is 19.4 Å². The molecule has 6 nitrogen and oxygen atoms in total. The minimum Gasteiger partial charge on any atom is -0.508 e. The summed E-state index contributed by atoms with van der Waals surface area (Å²) in [4.78, 5) is 22.3. The summed E-state index contributed by atoms with van der Waals surface area (Å²) in [5.41, 5.74) is 4.64. The third-order valence-electron chi connectivity index (χ3n) is 5.88. The number of aliphatic hydroxyl groups excluding tert-OH is 1. The van der Waals surface area contributed by atoms with Crippen LogP contribution in [0.15, 0.2) is 72.8 Å². The van der Waals surface area contributed by atoms with Crippen LogP contribution in [0.3, 0.4) is 0 Å². The van der Waals surface area contributed by atoms with E-state index in [0.717, 1.165) is 11.1 Å². The van der Waals surface area contributed by atoms with E-state index in [1.807, 2.05) is 18.2 Å². The lowest BCUT2D eigenvalue weighted by atomic mass is 9.91. The van der Waals surface area contributed by atoms with Crippen molar-refractivity contribution >= 4 is 11.7 Å². The molecule has 1 aromatic heterocycles. The molecule has 170 valence electrons. The average molecular weight is 455 g/mol. The van der Waals surface area contributed by atoms with E-state index in [0.29, 0.717) is 35.4 Å². The zero-order valence-electron chi connectivity index (χ0n) is 18.2. The zero-order valence-corrected chi connectivity index (χ0v) is 18.2. The summed E-state index contributed by atoms with van der Waals surface area (Å²) < 4.78 is 13.2. The predicted octanol–water partition coefficient (Wildman–Crippen LogP) is 4.35. The molecule has 0 aliphatic heterocycles. The van der Waals surface area contributed by atoms with Gasteiger partial charge in [-0.3, -0.25) is 4.79 Å². The number of hydrogen-bond acceptors (Lipinski definition) is 5. The number of aromatic hydroxyl groups is 1. The number of hydrogen-bond donors (Lipinski definition) is 3. The van der Waals surface area contributed by atoms with Gasteiger partial charge in [0.15, 0.2) is 5.82 Å². The molecule has 1 atom stereocenters. The van der Waals surface area contributed by atoms with E-state index in [9.17, 15) is 19.4 Å². The molecule has 0 saturated carbocycles. The number of carbonyl (C=O) groups is 1. The number of nitrogens with one attached hydrogen (secondary N) is 1. The topological polar surface area (TPSA) is 95.3 Å². The Morgan fingerprint density at radius 3 is 2.53 bits per heavy atom. The fourth-order valence-electron chi connectivity index (χ4n) is 4.18. The number of halogens is 1. The highest BCUT2D eigenvalue weighted by atomic mass is 19.1. The number of aliphatic hydroxyl groups is 1. The number of phenolic OH excluding ortho intramolecular Hbond substituents is 1. The molecule has 3 aromatic carbocycles. The second-order valence-corrected chi connectivity index (χ2v) is 8.26. The number of amides is 1. The molecule has 7 heteroatoms. The SMILES string of the molecule is O=C(Cc1ccc(F)cc1)Nc1nc2c(nc1C(O)c1ccccc1)-c1ccc(O)cc1CC2. The number of aryl methyl sites for hydroxylation is 2. The predicted molar refractivity (Wildman–Crippen MR) is 126 cm³/mol. The third kappa shape index (κ3) is 4.38. The van der Waals surface area contributed by atoms with Gasteiger partial charge in [-0.15, -0.1) is 0 Å². The van der Waals surface area contributed by atoms with E-state index in [-0.39, 0.29) is 35.4 Å². The lowest BCUT2D eigenvalue weighted by molar-refractivity contribution is -0.115. The van der Waals surface area contributed by atoms with E-state index < -0.39 is 6.10 Å². The second-order valence-electron chi connectivity index (χ2n) is 8.26. The van der Waals surface area contributed by atoms with Crippen molar-refractivity contribution in [3.8, 4) is 17.0 Å². The summed E-state index contributed by atoms with van der Waals surface area (Å²) in [6, 6.07) is 19.9. The van der Waals surface area contributed by atoms with Gasteiger partial charge in [-0.2, -0.15) is 0 Å². The fourth-order valence-corrected chi connectivity index (χ4v) is 4.18. The highest BCUT2D eigenvalue weighted by molar-refractivity contribution is 5.92. The van der Waals surface area contributed by atoms with Gasteiger partial charge in [0.1, 0.15) is 23.4 Å². The average Bonchev–Trinajstić information content (AvgIpc) is 2.85. The third-order valence-corrected chi connectivity index (χ3v) is 5.88. The zero-order chi connectivity index (χ0) is 23.7. The number of benzene rings is 3. The van der Waals surface area contributed by atoms with Gasteiger partial charge in [0.2, 0.25) is 5.91 Å². The molecule has 34 heavy (non-hydrogen) atoms. The van der Waals surface area contributed by atoms with E-state index in [1.165, 1.54) is 12.1 Å². The largest absolute Gasteiger partial charge is 0.508 e. The number of rotatable bonds is 5. The summed E-state index contributed by atoms with van der Waals surface area (Å²) >= 11 is 0. The first-order valence-electron chi connectivity index (χ1n) is 11.0. The normalized spacial score (nSPS) is 13.0. The molecule has 1 aliphatic rings. The van der Waals surface area contributed by atoms with Crippen LogP contribution >= 0.6 is 0 Å². The molecule has 1 amide bonds. The molecule has 5 rings (SSSR count). The van der Waals surface area contributed by atoms with Crippen LogP contribution in [0.4, 0.5) is 10.2 Å². The van der Waals surface area contributed by atoms with Gasteiger partial charge in [0, 0.05) is 5.56 Å². The minimum atomic E-state index is -1.11. The maximum Gasteiger partial charge on any atom is 0.229 e. The van der Waals surface area contributed by atoms with Gasteiger partial charge in [-0.1, -0.05) is 42.5 Å². The summed E-state index contributed by atoms with van der Waals surface area (Å²) in [5.74, 6) is -0.330. The Labute approximate surface area is 195 Å². The van der Waals surface area contributed by atoms with Crippen molar-refractivity contribution in [1.29, 1.82) is 0 Å². The summed E-state index contributed by atoms with van der Waals surface area (Å²) in [7, 11) is 0. The Bertz CT molecular complexity index is 1360. The van der Waals surface area contributed by atoms with Crippen LogP contribution < -0.4 is 5.32 Å².